The first-order valence-electron chi connectivity index (χ1n) is 3.70. The molecule has 0 aliphatic rings. The first-order valence-corrected chi connectivity index (χ1v) is 3.70. The van der Waals surface area contributed by atoms with Crippen molar-refractivity contribution < 1.29 is 14.2 Å². The Morgan fingerprint density at radius 3 is 2.18 bits per heavy atom. The fourth-order valence-electron chi connectivity index (χ4n) is 0.424. The molecule has 1 atom stereocenters. The van der Waals surface area contributed by atoms with Crippen molar-refractivity contribution in [2.24, 2.45) is 0 Å². The summed E-state index contributed by atoms with van der Waals surface area (Å²) in [6, 6.07) is 0. The molecule has 2 nitrogen and oxygen atoms in total. The van der Waals surface area contributed by atoms with E-state index in [9.17, 15) is 4.53 Å². The van der Waals surface area contributed by atoms with E-state index in [4.69, 9.17) is 4.74 Å². The Morgan fingerprint density at radius 2 is 1.91 bits per heavy atom. The molecule has 0 fully saturated rings. The predicted octanol–water partition coefficient (Wildman–Crippen LogP) is 2.85. The SMILES string of the molecule is CC.COC(C)/C=C(/C)OF. The van der Waals surface area contributed by atoms with Crippen LogP contribution in [0.15, 0.2) is 11.8 Å². The van der Waals surface area contributed by atoms with Gasteiger partial charge in [-0.2, -0.15) is 0 Å². The Labute approximate surface area is 67.9 Å². The Morgan fingerprint density at radius 1 is 1.45 bits per heavy atom. The van der Waals surface area contributed by atoms with Gasteiger partial charge < -0.3 is 4.74 Å². The molecule has 0 heterocycles. The summed E-state index contributed by atoms with van der Waals surface area (Å²) in [5.74, 6) is 0.226. The Kier molecular flexibility index (Phi) is 11.2. The molecule has 0 aromatic carbocycles. The molecule has 0 N–H and O–H groups in total. The summed E-state index contributed by atoms with van der Waals surface area (Å²) in [4.78, 5) is 3.40. The third kappa shape index (κ3) is 9.43. The van der Waals surface area contributed by atoms with Gasteiger partial charge in [0.25, 0.3) is 0 Å². The average molecular weight is 164 g/mol. The van der Waals surface area contributed by atoms with Gasteiger partial charge in [0.15, 0.2) is 0 Å². The second kappa shape index (κ2) is 9.43. The summed E-state index contributed by atoms with van der Waals surface area (Å²) in [6.07, 6.45) is 1.45. The average Bonchev–Trinajstić information content (AvgIpc) is 2.07. The maximum atomic E-state index is 11.3. The maximum Gasteiger partial charge on any atom is 0.144 e. The van der Waals surface area contributed by atoms with Gasteiger partial charge in [0.1, 0.15) is 5.76 Å². The molecule has 0 aliphatic heterocycles. The molecule has 3 heteroatoms. The highest BCUT2D eigenvalue weighted by Crippen LogP contribution is 1.99. The van der Waals surface area contributed by atoms with Crippen molar-refractivity contribution >= 4 is 0 Å². The van der Waals surface area contributed by atoms with Gasteiger partial charge >= 0.3 is 0 Å². The van der Waals surface area contributed by atoms with Crippen LogP contribution in [-0.4, -0.2) is 13.2 Å². The molecule has 0 bridgehead atoms. The van der Waals surface area contributed by atoms with E-state index in [1.807, 2.05) is 13.8 Å². The number of hydrogen-bond acceptors (Lipinski definition) is 2. The minimum Gasteiger partial charge on any atom is -0.378 e. The van der Waals surface area contributed by atoms with Crippen LogP contribution in [0.1, 0.15) is 27.7 Å². The number of hydrogen-bond donors (Lipinski definition) is 0. The number of ether oxygens (including phenoxy) is 1. The molecule has 0 rings (SSSR count). The number of rotatable bonds is 3. The van der Waals surface area contributed by atoms with Gasteiger partial charge in [-0.15, -0.1) is 0 Å². The van der Waals surface area contributed by atoms with E-state index >= 15 is 0 Å². The molecule has 0 amide bonds. The quantitative estimate of drug-likeness (QED) is 0.597. The molecule has 0 saturated carbocycles. The van der Waals surface area contributed by atoms with Crippen LogP contribution in [0.5, 0.6) is 0 Å². The predicted molar refractivity (Wildman–Crippen MR) is 43.8 cm³/mol. The van der Waals surface area contributed by atoms with Crippen molar-refractivity contribution in [3.8, 4) is 0 Å². The van der Waals surface area contributed by atoms with Crippen LogP contribution in [0.2, 0.25) is 0 Å². The molecular formula is C8H17FO2. The first-order chi connectivity index (χ1) is 5.20. The Hall–Kier alpha value is -0.570. The minimum absolute atomic E-state index is 0.0965. The van der Waals surface area contributed by atoms with Gasteiger partial charge in [-0.3, -0.25) is 4.94 Å². The van der Waals surface area contributed by atoms with Gasteiger partial charge in [0.2, 0.25) is 0 Å². The van der Waals surface area contributed by atoms with Crippen molar-refractivity contribution in [1.29, 1.82) is 0 Å². The molecule has 0 spiro atoms. The van der Waals surface area contributed by atoms with Gasteiger partial charge in [-0.05, 0) is 19.9 Å². The molecule has 0 aromatic heterocycles. The maximum absolute atomic E-state index is 11.3. The summed E-state index contributed by atoms with van der Waals surface area (Å²) >= 11 is 0. The van der Waals surface area contributed by atoms with Gasteiger partial charge in [-0.1, -0.05) is 13.8 Å². The third-order valence-corrected chi connectivity index (χ3v) is 0.963. The van der Waals surface area contributed by atoms with E-state index in [1.54, 1.807) is 20.1 Å². The van der Waals surface area contributed by atoms with Crippen LogP contribution in [-0.2, 0) is 9.68 Å². The van der Waals surface area contributed by atoms with Crippen molar-refractivity contribution in [3.63, 3.8) is 0 Å². The van der Waals surface area contributed by atoms with Crippen molar-refractivity contribution in [2.75, 3.05) is 7.11 Å². The lowest BCUT2D eigenvalue weighted by atomic mass is 10.3. The van der Waals surface area contributed by atoms with E-state index in [2.05, 4.69) is 4.94 Å². The fourth-order valence-corrected chi connectivity index (χ4v) is 0.424. The highest BCUT2D eigenvalue weighted by atomic mass is 19.3. The van der Waals surface area contributed by atoms with Crippen LogP contribution < -0.4 is 0 Å². The molecule has 1 unspecified atom stereocenters. The zero-order chi connectivity index (χ0) is 9.28. The smallest absolute Gasteiger partial charge is 0.144 e. The lowest BCUT2D eigenvalue weighted by Gasteiger charge is -2.01. The second-order valence-corrected chi connectivity index (χ2v) is 1.80. The lowest BCUT2D eigenvalue weighted by Crippen LogP contribution is -2.00. The van der Waals surface area contributed by atoms with Gasteiger partial charge in [0, 0.05) is 11.6 Å². The Balaban J connectivity index is 0. The van der Waals surface area contributed by atoms with Crippen LogP contribution in [0.4, 0.5) is 4.53 Å². The van der Waals surface area contributed by atoms with Crippen molar-refractivity contribution in [2.45, 2.75) is 33.8 Å². The number of methoxy groups -OCH3 is 1. The van der Waals surface area contributed by atoms with Crippen LogP contribution >= 0.6 is 0 Å². The summed E-state index contributed by atoms with van der Waals surface area (Å²) < 4.78 is 16.1. The molecular weight excluding hydrogens is 147 g/mol. The summed E-state index contributed by atoms with van der Waals surface area (Å²) in [6.45, 7) is 7.32. The summed E-state index contributed by atoms with van der Waals surface area (Å²) in [5, 5.41) is 0. The molecule has 0 aromatic rings. The van der Waals surface area contributed by atoms with E-state index < -0.39 is 0 Å². The standard InChI is InChI=1S/C6H11FO2.C2H6/c1-5(8-3)4-6(2)9-7;1-2/h4-5H,1-3H3;1-2H3/b6-4-;. The normalized spacial score (nSPS) is 13.1. The topological polar surface area (TPSA) is 18.5 Å². The minimum atomic E-state index is -0.0965. The molecule has 11 heavy (non-hydrogen) atoms. The second-order valence-electron chi connectivity index (χ2n) is 1.80. The number of halogens is 1. The highest BCUT2D eigenvalue weighted by molar-refractivity contribution is 4.91. The van der Waals surface area contributed by atoms with E-state index in [1.165, 1.54) is 6.92 Å². The van der Waals surface area contributed by atoms with Crippen LogP contribution in [0, 0.1) is 0 Å². The molecule has 68 valence electrons. The van der Waals surface area contributed by atoms with Crippen LogP contribution in [0.3, 0.4) is 0 Å². The van der Waals surface area contributed by atoms with Crippen LogP contribution in [0.25, 0.3) is 0 Å². The van der Waals surface area contributed by atoms with Crippen molar-refractivity contribution in [3.05, 3.63) is 11.8 Å². The lowest BCUT2D eigenvalue weighted by molar-refractivity contribution is -0.0836. The van der Waals surface area contributed by atoms with Gasteiger partial charge in [-0.25, -0.2) is 0 Å². The fraction of sp³-hybridized carbons (Fsp3) is 0.750. The van der Waals surface area contributed by atoms with Gasteiger partial charge in [0.05, 0.1) is 6.10 Å². The zero-order valence-electron chi connectivity index (χ0n) is 7.85. The molecule has 0 aliphatic carbocycles. The largest absolute Gasteiger partial charge is 0.378 e. The first kappa shape index (κ1) is 13.1. The van der Waals surface area contributed by atoms with Crippen molar-refractivity contribution in [1.82, 2.24) is 0 Å². The molecule has 0 saturated heterocycles. The summed E-state index contributed by atoms with van der Waals surface area (Å²) in [7, 11) is 1.55. The summed E-state index contributed by atoms with van der Waals surface area (Å²) in [5.41, 5.74) is 0. The monoisotopic (exact) mass is 164 g/mol. The Bertz CT molecular complexity index is 102. The highest BCUT2D eigenvalue weighted by Gasteiger charge is 1.95. The zero-order valence-corrected chi connectivity index (χ0v) is 7.85. The number of allylic oxidation sites excluding steroid dienone is 1. The van der Waals surface area contributed by atoms with E-state index in [0.29, 0.717) is 0 Å². The van der Waals surface area contributed by atoms with E-state index in [-0.39, 0.29) is 11.9 Å². The third-order valence-electron chi connectivity index (χ3n) is 0.963. The molecule has 0 radical (unpaired) electrons. The van der Waals surface area contributed by atoms with E-state index in [0.717, 1.165) is 0 Å².